The lowest BCUT2D eigenvalue weighted by Gasteiger charge is -2.13. The Labute approximate surface area is 142 Å². The number of fused-ring (bicyclic) bond motifs is 1. The molecule has 0 atom stereocenters. The van der Waals surface area contributed by atoms with Crippen molar-refractivity contribution >= 4 is 11.0 Å². The van der Waals surface area contributed by atoms with Gasteiger partial charge in [-0.15, -0.1) is 0 Å². The standard InChI is InChI=1S/C18H16O7/c1-8-11(20)7-13-14(16(8)23-2)15(22)18(24-3)17(25-13)9-4-5-10(19)12(21)6-9/h4-7,19-21H,1-3H3. The second kappa shape index (κ2) is 5.94. The predicted molar refractivity (Wildman–Crippen MR) is 90.8 cm³/mol. The maximum atomic E-state index is 12.9. The highest BCUT2D eigenvalue weighted by atomic mass is 16.5. The molecule has 0 bridgehead atoms. The monoisotopic (exact) mass is 344 g/mol. The van der Waals surface area contributed by atoms with Crippen LogP contribution in [-0.4, -0.2) is 29.5 Å². The van der Waals surface area contributed by atoms with Crippen LogP contribution in [0.25, 0.3) is 22.3 Å². The molecule has 3 N–H and O–H groups in total. The molecule has 0 radical (unpaired) electrons. The van der Waals surface area contributed by atoms with Gasteiger partial charge in [-0.1, -0.05) is 0 Å². The van der Waals surface area contributed by atoms with Gasteiger partial charge in [-0.2, -0.15) is 0 Å². The van der Waals surface area contributed by atoms with E-state index in [1.165, 1.54) is 38.5 Å². The zero-order valence-corrected chi connectivity index (χ0v) is 13.8. The molecule has 130 valence electrons. The second-order valence-corrected chi connectivity index (χ2v) is 5.42. The van der Waals surface area contributed by atoms with Gasteiger partial charge in [0.05, 0.1) is 14.2 Å². The molecule has 0 aliphatic rings. The molecule has 7 heteroatoms. The summed E-state index contributed by atoms with van der Waals surface area (Å²) in [6.45, 7) is 1.62. The van der Waals surface area contributed by atoms with E-state index in [4.69, 9.17) is 13.9 Å². The summed E-state index contributed by atoms with van der Waals surface area (Å²) in [4.78, 5) is 12.9. The molecule has 0 spiro atoms. The average molecular weight is 344 g/mol. The Balaban J connectivity index is 2.44. The van der Waals surface area contributed by atoms with E-state index >= 15 is 0 Å². The summed E-state index contributed by atoms with van der Waals surface area (Å²) in [6.07, 6.45) is 0. The second-order valence-electron chi connectivity index (χ2n) is 5.42. The highest BCUT2D eigenvalue weighted by molar-refractivity contribution is 5.90. The molecule has 2 aromatic carbocycles. The van der Waals surface area contributed by atoms with Gasteiger partial charge in [0.25, 0.3) is 0 Å². The van der Waals surface area contributed by atoms with Crippen molar-refractivity contribution in [2.75, 3.05) is 14.2 Å². The van der Waals surface area contributed by atoms with Crippen LogP contribution >= 0.6 is 0 Å². The van der Waals surface area contributed by atoms with Gasteiger partial charge in [0, 0.05) is 17.2 Å². The highest BCUT2D eigenvalue weighted by Gasteiger charge is 2.22. The number of phenolic OH excluding ortho intramolecular Hbond substituents is 3. The van der Waals surface area contributed by atoms with Crippen LogP contribution in [0, 0.1) is 6.92 Å². The van der Waals surface area contributed by atoms with Crippen molar-refractivity contribution in [3.8, 4) is 40.1 Å². The number of benzene rings is 2. The Kier molecular flexibility index (Phi) is 3.92. The third-order valence-corrected chi connectivity index (χ3v) is 3.96. The lowest BCUT2D eigenvalue weighted by atomic mass is 10.1. The number of rotatable bonds is 3. The van der Waals surface area contributed by atoms with Crippen molar-refractivity contribution in [1.82, 2.24) is 0 Å². The van der Waals surface area contributed by atoms with Crippen LogP contribution in [-0.2, 0) is 0 Å². The lowest BCUT2D eigenvalue weighted by molar-refractivity contribution is 0.391. The molecule has 7 nitrogen and oxygen atoms in total. The molecule has 0 unspecified atom stereocenters. The van der Waals surface area contributed by atoms with Crippen LogP contribution in [0.15, 0.2) is 33.5 Å². The van der Waals surface area contributed by atoms with E-state index in [1.807, 2.05) is 0 Å². The third kappa shape index (κ3) is 2.50. The Bertz CT molecular complexity index is 1030. The largest absolute Gasteiger partial charge is 0.507 e. The number of methoxy groups -OCH3 is 2. The van der Waals surface area contributed by atoms with Crippen molar-refractivity contribution in [2.45, 2.75) is 6.92 Å². The van der Waals surface area contributed by atoms with E-state index in [0.717, 1.165) is 0 Å². The fourth-order valence-electron chi connectivity index (χ4n) is 2.68. The van der Waals surface area contributed by atoms with Gasteiger partial charge in [0.1, 0.15) is 22.5 Å². The summed E-state index contributed by atoms with van der Waals surface area (Å²) < 4.78 is 16.2. The normalized spacial score (nSPS) is 10.8. The van der Waals surface area contributed by atoms with Crippen molar-refractivity contribution in [3.05, 3.63) is 40.1 Å². The molecule has 0 saturated heterocycles. The van der Waals surface area contributed by atoms with Gasteiger partial charge in [-0.3, -0.25) is 4.79 Å². The molecule has 0 fully saturated rings. The van der Waals surface area contributed by atoms with E-state index in [2.05, 4.69) is 0 Å². The van der Waals surface area contributed by atoms with E-state index in [1.54, 1.807) is 6.92 Å². The molecule has 1 heterocycles. The van der Waals surface area contributed by atoms with Gasteiger partial charge in [-0.05, 0) is 25.1 Å². The first-order valence-corrected chi connectivity index (χ1v) is 7.32. The van der Waals surface area contributed by atoms with Gasteiger partial charge in [0.15, 0.2) is 17.3 Å². The van der Waals surface area contributed by atoms with Crippen LogP contribution in [0.4, 0.5) is 0 Å². The summed E-state index contributed by atoms with van der Waals surface area (Å²) in [5.41, 5.74) is 0.351. The number of hydrogen-bond donors (Lipinski definition) is 3. The lowest BCUT2D eigenvalue weighted by Crippen LogP contribution is -2.09. The minimum atomic E-state index is -0.480. The van der Waals surface area contributed by atoms with Gasteiger partial charge >= 0.3 is 0 Å². The third-order valence-electron chi connectivity index (χ3n) is 3.96. The molecule has 3 rings (SSSR count). The van der Waals surface area contributed by atoms with Crippen molar-refractivity contribution in [2.24, 2.45) is 0 Å². The van der Waals surface area contributed by atoms with Crippen LogP contribution in [0.3, 0.4) is 0 Å². The molecule has 25 heavy (non-hydrogen) atoms. The highest BCUT2D eigenvalue weighted by Crippen LogP contribution is 2.40. The average Bonchev–Trinajstić information content (AvgIpc) is 2.59. The summed E-state index contributed by atoms with van der Waals surface area (Å²) in [6, 6.07) is 5.29. The maximum Gasteiger partial charge on any atom is 0.239 e. The number of ether oxygens (including phenoxy) is 2. The fraction of sp³-hybridized carbons (Fsp3) is 0.167. The SMILES string of the molecule is COc1c(-c2ccc(O)c(O)c2)oc2cc(O)c(C)c(OC)c2c1=O. The zero-order valence-electron chi connectivity index (χ0n) is 13.8. The van der Waals surface area contributed by atoms with Crippen LogP contribution in [0.5, 0.6) is 28.7 Å². The Morgan fingerprint density at radius 2 is 1.60 bits per heavy atom. The number of hydrogen-bond acceptors (Lipinski definition) is 7. The first-order chi connectivity index (χ1) is 11.9. The topological polar surface area (TPSA) is 109 Å². The molecule has 0 saturated carbocycles. The van der Waals surface area contributed by atoms with E-state index in [0.29, 0.717) is 11.1 Å². The van der Waals surface area contributed by atoms with Crippen molar-refractivity contribution in [1.29, 1.82) is 0 Å². The summed E-state index contributed by atoms with van der Waals surface area (Å²) in [5, 5.41) is 29.3. The molecular formula is C18H16O7. The molecule has 3 aromatic rings. The Hall–Kier alpha value is -3.35. The zero-order chi connectivity index (χ0) is 18.3. The summed E-state index contributed by atoms with van der Waals surface area (Å²) >= 11 is 0. The molecule has 0 aliphatic heterocycles. The van der Waals surface area contributed by atoms with Crippen LogP contribution < -0.4 is 14.9 Å². The molecule has 0 amide bonds. The van der Waals surface area contributed by atoms with Gasteiger partial charge in [-0.25, -0.2) is 0 Å². The molecule has 0 aliphatic carbocycles. The number of phenols is 3. The van der Waals surface area contributed by atoms with E-state index in [9.17, 15) is 20.1 Å². The maximum absolute atomic E-state index is 12.9. The van der Waals surface area contributed by atoms with Crippen molar-refractivity contribution in [3.63, 3.8) is 0 Å². The Morgan fingerprint density at radius 1 is 0.920 bits per heavy atom. The molecular weight excluding hydrogens is 328 g/mol. The predicted octanol–water partition coefficient (Wildman–Crippen LogP) is 2.90. The Morgan fingerprint density at radius 3 is 2.20 bits per heavy atom. The van der Waals surface area contributed by atoms with Crippen LogP contribution in [0.2, 0.25) is 0 Å². The first-order valence-electron chi connectivity index (χ1n) is 7.32. The minimum Gasteiger partial charge on any atom is -0.507 e. The summed E-state index contributed by atoms with van der Waals surface area (Å²) in [5.74, 6) is -0.590. The fourth-order valence-corrected chi connectivity index (χ4v) is 2.68. The number of aromatic hydroxyl groups is 3. The summed E-state index contributed by atoms with van der Waals surface area (Å²) in [7, 11) is 2.71. The quantitative estimate of drug-likeness (QED) is 0.627. The van der Waals surface area contributed by atoms with Crippen molar-refractivity contribution < 1.29 is 29.2 Å². The molecule has 1 aromatic heterocycles. The van der Waals surface area contributed by atoms with Crippen LogP contribution in [0.1, 0.15) is 5.56 Å². The van der Waals surface area contributed by atoms with E-state index < -0.39 is 5.43 Å². The van der Waals surface area contributed by atoms with Gasteiger partial charge in [0.2, 0.25) is 11.2 Å². The first kappa shape index (κ1) is 16.5. The van der Waals surface area contributed by atoms with Gasteiger partial charge < -0.3 is 29.2 Å². The smallest absolute Gasteiger partial charge is 0.239 e. The minimum absolute atomic E-state index is 0.0561. The van der Waals surface area contributed by atoms with E-state index in [-0.39, 0.29) is 45.5 Å².